The zero-order valence-corrected chi connectivity index (χ0v) is 29.9. The van der Waals surface area contributed by atoms with Crippen LogP contribution >= 0.6 is 0 Å². The van der Waals surface area contributed by atoms with Crippen molar-refractivity contribution in [1.29, 1.82) is 0 Å². The lowest BCUT2D eigenvalue weighted by Gasteiger charge is -2.44. The summed E-state index contributed by atoms with van der Waals surface area (Å²) in [7, 11) is 0. The first kappa shape index (κ1) is 37.4. The fourth-order valence-electron chi connectivity index (χ4n) is 7.58. The summed E-state index contributed by atoms with van der Waals surface area (Å²) in [5.74, 6) is 0. The molecule has 4 aromatic carbocycles. The lowest BCUT2D eigenvalue weighted by atomic mass is 9.13. The molecule has 0 atom stereocenters. The topological polar surface area (TPSA) is 0 Å². The number of rotatable bonds is 20. The Kier molecular flexibility index (Phi) is 17.6. The van der Waals surface area contributed by atoms with E-state index in [-0.39, 0.29) is 0 Å². The Bertz CT molecular complexity index is 1060. The van der Waals surface area contributed by atoms with Gasteiger partial charge in [-0.1, -0.05) is 175 Å². The first-order chi connectivity index (χ1) is 22.7. The van der Waals surface area contributed by atoms with Crippen molar-refractivity contribution < 1.29 is 4.48 Å². The molecular formula is C44H64BN. The van der Waals surface area contributed by atoms with Crippen LogP contribution < -0.4 is 21.9 Å². The largest absolute Gasteiger partial charge is 0.324 e. The fourth-order valence-corrected chi connectivity index (χ4v) is 7.58. The summed E-state index contributed by atoms with van der Waals surface area (Å²) in [5.41, 5.74) is 5.36. The minimum atomic E-state index is -1.22. The SMILES string of the molecule is CCCCC[N+](CCCCC)(CCCCC)CCCCC.c1ccc([B-](c2ccccc2)(c2ccccc2)c2ccccc2)cc1. The Morgan fingerprint density at radius 3 is 0.739 bits per heavy atom. The fraction of sp³-hybridized carbons (Fsp3) is 0.455. The maximum Gasteiger partial charge on any atom is 0.108 e. The van der Waals surface area contributed by atoms with Crippen LogP contribution in [-0.2, 0) is 0 Å². The highest BCUT2D eigenvalue weighted by Crippen LogP contribution is 2.18. The first-order valence-corrected chi connectivity index (χ1v) is 18.9. The van der Waals surface area contributed by atoms with Crippen LogP contribution in [0.2, 0.25) is 0 Å². The van der Waals surface area contributed by atoms with Crippen LogP contribution in [0.1, 0.15) is 105 Å². The number of hydrogen-bond donors (Lipinski definition) is 0. The molecule has 0 fully saturated rings. The number of benzene rings is 4. The lowest BCUT2D eigenvalue weighted by Crippen LogP contribution is -2.74. The quantitative estimate of drug-likeness (QED) is 0.0526. The van der Waals surface area contributed by atoms with Crippen LogP contribution in [0.15, 0.2) is 121 Å². The van der Waals surface area contributed by atoms with Crippen molar-refractivity contribution in [2.75, 3.05) is 26.2 Å². The van der Waals surface area contributed by atoms with E-state index in [1.54, 1.807) is 0 Å². The number of hydrogen-bond acceptors (Lipinski definition) is 0. The monoisotopic (exact) mass is 618 g/mol. The minimum absolute atomic E-state index is 1.22. The van der Waals surface area contributed by atoms with E-state index in [1.807, 2.05) is 0 Å². The molecule has 4 aromatic rings. The van der Waals surface area contributed by atoms with Gasteiger partial charge in [0.05, 0.1) is 26.2 Å². The molecule has 0 radical (unpaired) electrons. The molecule has 0 saturated carbocycles. The smallest absolute Gasteiger partial charge is 0.108 e. The molecular weight excluding hydrogens is 553 g/mol. The Morgan fingerprint density at radius 1 is 0.326 bits per heavy atom. The second kappa shape index (κ2) is 21.7. The molecule has 248 valence electrons. The van der Waals surface area contributed by atoms with Gasteiger partial charge in [-0.2, -0.15) is 21.9 Å². The molecule has 0 spiro atoms. The molecule has 0 amide bonds. The average molecular weight is 618 g/mol. The van der Waals surface area contributed by atoms with Gasteiger partial charge in [-0.3, -0.25) is 0 Å². The van der Waals surface area contributed by atoms with Gasteiger partial charge in [0.2, 0.25) is 0 Å². The third kappa shape index (κ3) is 11.0. The van der Waals surface area contributed by atoms with E-state index in [0.717, 1.165) is 0 Å². The molecule has 0 aromatic heterocycles. The third-order valence-corrected chi connectivity index (χ3v) is 10.1. The molecule has 46 heavy (non-hydrogen) atoms. The highest BCUT2D eigenvalue weighted by molar-refractivity contribution is 7.19. The Labute approximate surface area is 284 Å². The van der Waals surface area contributed by atoms with E-state index in [9.17, 15) is 0 Å². The number of unbranched alkanes of at least 4 members (excludes halogenated alkanes) is 8. The van der Waals surface area contributed by atoms with E-state index in [0.29, 0.717) is 0 Å². The van der Waals surface area contributed by atoms with E-state index in [1.165, 1.54) is 130 Å². The zero-order valence-electron chi connectivity index (χ0n) is 29.9. The van der Waals surface area contributed by atoms with Gasteiger partial charge < -0.3 is 4.48 Å². The third-order valence-electron chi connectivity index (χ3n) is 10.1. The standard InChI is InChI=1S/C24H20B.C20H44N/c1-5-13-21(14-6-1)25(22-15-7-2-8-16-22,23-17-9-3-10-18-23)24-19-11-4-12-20-24;1-5-9-13-17-21(18-14-10-6-2,19-15-11-7-3)20-16-12-8-4/h1-20H;5-20H2,1-4H3/q-1;+1. The van der Waals surface area contributed by atoms with Gasteiger partial charge in [-0.25, -0.2) is 0 Å². The van der Waals surface area contributed by atoms with E-state index < -0.39 is 6.15 Å². The van der Waals surface area contributed by atoms with Crippen LogP contribution in [0.5, 0.6) is 0 Å². The van der Waals surface area contributed by atoms with Crippen molar-refractivity contribution in [2.45, 2.75) is 105 Å². The summed E-state index contributed by atoms with van der Waals surface area (Å²) in [4.78, 5) is 0. The minimum Gasteiger partial charge on any atom is -0.324 e. The molecule has 1 nitrogen and oxygen atoms in total. The van der Waals surface area contributed by atoms with Gasteiger partial charge in [0.25, 0.3) is 0 Å². The number of quaternary nitrogens is 1. The van der Waals surface area contributed by atoms with Crippen LogP contribution in [0.25, 0.3) is 0 Å². The van der Waals surface area contributed by atoms with E-state index in [4.69, 9.17) is 0 Å². The van der Waals surface area contributed by atoms with Gasteiger partial charge >= 0.3 is 0 Å². The molecule has 0 saturated heterocycles. The highest BCUT2D eigenvalue weighted by atomic mass is 15.3. The van der Waals surface area contributed by atoms with Crippen LogP contribution in [-0.4, -0.2) is 36.8 Å². The maximum absolute atomic E-state index is 2.33. The van der Waals surface area contributed by atoms with Gasteiger partial charge in [0.1, 0.15) is 6.15 Å². The number of nitrogens with zero attached hydrogens (tertiary/aromatic N) is 1. The molecule has 4 rings (SSSR count). The molecule has 0 heterocycles. The Morgan fingerprint density at radius 2 is 0.543 bits per heavy atom. The van der Waals surface area contributed by atoms with Gasteiger partial charge in [0, 0.05) is 0 Å². The Hall–Kier alpha value is -3.10. The maximum atomic E-state index is 2.33. The van der Waals surface area contributed by atoms with Crippen LogP contribution in [0.4, 0.5) is 0 Å². The highest BCUT2D eigenvalue weighted by Gasteiger charge is 2.31. The summed E-state index contributed by atoms with van der Waals surface area (Å²) < 4.78 is 1.44. The molecule has 0 aliphatic rings. The molecule has 2 heteroatoms. The van der Waals surface area contributed by atoms with Crippen molar-refractivity contribution in [3.05, 3.63) is 121 Å². The molecule has 0 aliphatic heterocycles. The van der Waals surface area contributed by atoms with Gasteiger partial charge in [-0.05, 0) is 51.4 Å². The second-order valence-corrected chi connectivity index (χ2v) is 13.6. The summed E-state index contributed by atoms with van der Waals surface area (Å²) >= 11 is 0. The van der Waals surface area contributed by atoms with E-state index in [2.05, 4.69) is 149 Å². The Balaban J connectivity index is 0.000000256. The van der Waals surface area contributed by atoms with Crippen molar-refractivity contribution in [2.24, 2.45) is 0 Å². The summed E-state index contributed by atoms with van der Waals surface area (Å²) in [6.45, 7) is 15.1. The summed E-state index contributed by atoms with van der Waals surface area (Å²) in [6.07, 6.45) is 15.7. The van der Waals surface area contributed by atoms with Crippen molar-refractivity contribution in [3.63, 3.8) is 0 Å². The molecule has 0 unspecified atom stereocenters. The van der Waals surface area contributed by atoms with Crippen LogP contribution in [0, 0.1) is 0 Å². The van der Waals surface area contributed by atoms with E-state index >= 15 is 0 Å². The predicted octanol–water partition coefficient (Wildman–Crippen LogP) is 9.63. The van der Waals surface area contributed by atoms with Crippen molar-refractivity contribution in [3.8, 4) is 0 Å². The van der Waals surface area contributed by atoms with Crippen molar-refractivity contribution >= 4 is 28.0 Å². The molecule has 0 N–H and O–H groups in total. The van der Waals surface area contributed by atoms with Crippen molar-refractivity contribution in [1.82, 2.24) is 0 Å². The summed E-state index contributed by atoms with van der Waals surface area (Å²) in [6, 6.07) is 43.5. The van der Waals surface area contributed by atoms with Crippen LogP contribution in [0.3, 0.4) is 0 Å². The summed E-state index contributed by atoms with van der Waals surface area (Å²) in [5, 5.41) is 0. The van der Waals surface area contributed by atoms with Gasteiger partial charge in [-0.15, -0.1) is 0 Å². The second-order valence-electron chi connectivity index (χ2n) is 13.6. The zero-order chi connectivity index (χ0) is 32.8. The normalized spacial score (nSPS) is 11.6. The first-order valence-electron chi connectivity index (χ1n) is 18.9. The lowest BCUT2D eigenvalue weighted by molar-refractivity contribution is -0.929. The molecule has 0 bridgehead atoms. The predicted molar refractivity (Wildman–Crippen MR) is 208 cm³/mol. The average Bonchev–Trinajstić information content (AvgIpc) is 3.11. The molecule has 0 aliphatic carbocycles. The van der Waals surface area contributed by atoms with Gasteiger partial charge in [0.15, 0.2) is 0 Å².